The predicted octanol–water partition coefficient (Wildman–Crippen LogP) is 4.55. The van der Waals surface area contributed by atoms with Gasteiger partial charge in [-0.3, -0.25) is 14.9 Å². The molecule has 4 aromatic rings. The number of benzene rings is 3. The van der Waals surface area contributed by atoms with E-state index in [0.717, 1.165) is 11.1 Å². The zero-order valence-corrected chi connectivity index (χ0v) is 16.1. The van der Waals surface area contributed by atoms with Crippen LogP contribution < -0.4 is 10.6 Å². The van der Waals surface area contributed by atoms with Crippen molar-refractivity contribution in [1.29, 1.82) is 0 Å². The molecule has 0 radical (unpaired) electrons. The van der Waals surface area contributed by atoms with Crippen molar-refractivity contribution in [3.63, 3.8) is 0 Å². The van der Waals surface area contributed by atoms with Gasteiger partial charge in [0, 0.05) is 22.4 Å². The summed E-state index contributed by atoms with van der Waals surface area (Å²) in [5, 5.41) is 13.2. The first-order chi connectivity index (χ1) is 14.6. The van der Waals surface area contributed by atoms with Crippen molar-refractivity contribution in [2.24, 2.45) is 0 Å². The van der Waals surface area contributed by atoms with Crippen LogP contribution in [0.15, 0.2) is 83.3 Å². The molecule has 0 atom stereocenters. The van der Waals surface area contributed by atoms with E-state index in [1.54, 1.807) is 30.3 Å². The SMILES string of the molecule is Cc1cccc(C(=O)Nc2ccc(C(=O)Nc3nnc(-c4ccccc4)o3)cc2)c1. The number of hydrogen-bond donors (Lipinski definition) is 2. The van der Waals surface area contributed by atoms with E-state index in [1.165, 1.54) is 0 Å². The van der Waals surface area contributed by atoms with Gasteiger partial charge in [-0.05, 0) is 55.5 Å². The highest BCUT2D eigenvalue weighted by Crippen LogP contribution is 2.20. The van der Waals surface area contributed by atoms with E-state index in [0.29, 0.717) is 22.7 Å². The monoisotopic (exact) mass is 398 g/mol. The van der Waals surface area contributed by atoms with Crippen molar-refractivity contribution >= 4 is 23.5 Å². The quantitative estimate of drug-likeness (QED) is 0.514. The molecule has 0 aliphatic heterocycles. The Morgan fingerprint density at radius 2 is 1.50 bits per heavy atom. The number of amides is 2. The lowest BCUT2D eigenvalue weighted by Crippen LogP contribution is -2.14. The normalized spacial score (nSPS) is 10.4. The van der Waals surface area contributed by atoms with Crippen LogP contribution in [-0.4, -0.2) is 22.0 Å². The topological polar surface area (TPSA) is 97.1 Å². The molecule has 1 aromatic heterocycles. The number of hydrogen-bond acceptors (Lipinski definition) is 5. The van der Waals surface area contributed by atoms with E-state index in [9.17, 15) is 9.59 Å². The third kappa shape index (κ3) is 4.41. The van der Waals surface area contributed by atoms with Gasteiger partial charge in [-0.1, -0.05) is 41.0 Å². The van der Waals surface area contributed by atoms with Crippen LogP contribution in [0.2, 0.25) is 0 Å². The van der Waals surface area contributed by atoms with Gasteiger partial charge in [-0.15, -0.1) is 5.10 Å². The van der Waals surface area contributed by atoms with E-state index in [2.05, 4.69) is 20.8 Å². The number of nitrogens with zero attached hydrogens (tertiary/aromatic N) is 2. The van der Waals surface area contributed by atoms with E-state index < -0.39 is 5.91 Å². The van der Waals surface area contributed by atoms with Crippen molar-refractivity contribution in [2.45, 2.75) is 6.92 Å². The summed E-state index contributed by atoms with van der Waals surface area (Å²) < 4.78 is 5.49. The van der Waals surface area contributed by atoms with Crippen LogP contribution >= 0.6 is 0 Å². The Morgan fingerprint density at radius 1 is 0.767 bits per heavy atom. The Kier molecular flexibility index (Phi) is 5.34. The second kappa shape index (κ2) is 8.40. The molecular weight excluding hydrogens is 380 g/mol. The minimum Gasteiger partial charge on any atom is -0.403 e. The van der Waals surface area contributed by atoms with Crippen molar-refractivity contribution in [3.05, 3.63) is 95.6 Å². The second-order valence-corrected chi connectivity index (χ2v) is 6.63. The van der Waals surface area contributed by atoms with Crippen LogP contribution in [0, 0.1) is 6.92 Å². The van der Waals surface area contributed by atoms with Crippen LogP contribution in [-0.2, 0) is 0 Å². The third-order valence-corrected chi connectivity index (χ3v) is 4.35. The predicted molar refractivity (Wildman–Crippen MR) is 113 cm³/mol. The molecular formula is C23H18N4O3. The molecule has 0 aliphatic carbocycles. The molecule has 4 rings (SSSR count). The molecule has 0 unspecified atom stereocenters. The molecule has 1 heterocycles. The first kappa shape index (κ1) is 19.1. The molecule has 0 saturated heterocycles. The molecule has 0 fully saturated rings. The molecule has 7 heteroatoms. The minimum atomic E-state index is -0.394. The van der Waals surface area contributed by atoms with Gasteiger partial charge >= 0.3 is 6.01 Å². The average molecular weight is 398 g/mol. The van der Waals surface area contributed by atoms with Crippen LogP contribution in [0.4, 0.5) is 11.7 Å². The zero-order chi connectivity index (χ0) is 20.9. The molecule has 0 spiro atoms. The highest BCUT2D eigenvalue weighted by atomic mass is 16.4. The lowest BCUT2D eigenvalue weighted by Gasteiger charge is -2.07. The molecule has 2 N–H and O–H groups in total. The van der Waals surface area contributed by atoms with Crippen molar-refractivity contribution in [1.82, 2.24) is 10.2 Å². The number of nitrogens with one attached hydrogen (secondary N) is 2. The van der Waals surface area contributed by atoms with Gasteiger partial charge < -0.3 is 9.73 Å². The van der Waals surface area contributed by atoms with Crippen molar-refractivity contribution in [2.75, 3.05) is 10.6 Å². The molecule has 7 nitrogen and oxygen atoms in total. The second-order valence-electron chi connectivity index (χ2n) is 6.63. The Labute approximate surface area is 172 Å². The first-order valence-corrected chi connectivity index (χ1v) is 9.27. The summed E-state index contributed by atoms with van der Waals surface area (Å²) in [5.41, 5.74) is 3.32. The minimum absolute atomic E-state index is 0.00989. The fourth-order valence-electron chi connectivity index (χ4n) is 2.83. The van der Waals surface area contributed by atoms with Crippen LogP contribution in [0.3, 0.4) is 0 Å². The van der Waals surface area contributed by atoms with Gasteiger partial charge in [0.15, 0.2) is 0 Å². The molecule has 30 heavy (non-hydrogen) atoms. The summed E-state index contributed by atoms with van der Waals surface area (Å²) in [4.78, 5) is 24.8. The van der Waals surface area contributed by atoms with E-state index in [4.69, 9.17) is 4.42 Å². The fraction of sp³-hybridized carbons (Fsp3) is 0.0435. The van der Waals surface area contributed by atoms with Crippen LogP contribution in [0.25, 0.3) is 11.5 Å². The number of carbonyl (C=O) groups excluding carboxylic acids is 2. The Balaban J connectivity index is 1.40. The van der Waals surface area contributed by atoms with Gasteiger partial charge in [0.2, 0.25) is 5.89 Å². The average Bonchev–Trinajstić information content (AvgIpc) is 3.23. The summed E-state index contributed by atoms with van der Waals surface area (Å²) >= 11 is 0. The summed E-state index contributed by atoms with van der Waals surface area (Å²) in [6.07, 6.45) is 0. The first-order valence-electron chi connectivity index (χ1n) is 9.27. The van der Waals surface area contributed by atoms with Crippen molar-refractivity contribution in [3.8, 4) is 11.5 Å². The summed E-state index contributed by atoms with van der Waals surface area (Å²) in [7, 11) is 0. The largest absolute Gasteiger partial charge is 0.403 e. The van der Waals surface area contributed by atoms with E-state index in [1.807, 2.05) is 55.5 Å². The molecule has 0 bridgehead atoms. The van der Waals surface area contributed by atoms with Crippen molar-refractivity contribution < 1.29 is 14.0 Å². The Hall–Kier alpha value is -4.26. The van der Waals surface area contributed by atoms with Crippen LogP contribution in [0.5, 0.6) is 0 Å². The van der Waals surface area contributed by atoms with Crippen LogP contribution in [0.1, 0.15) is 26.3 Å². The van der Waals surface area contributed by atoms with Gasteiger partial charge in [-0.25, -0.2) is 0 Å². The Bertz CT molecular complexity index is 1180. The molecule has 3 aromatic carbocycles. The number of aromatic nitrogens is 2. The number of anilines is 2. The van der Waals surface area contributed by atoms with E-state index in [-0.39, 0.29) is 11.9 Å². The van der Waals surface area contributed by atoms with E-state index >= 15 is 0 Å². The van der Waals surface area contributed by atoms with Gasteiger partial charge in [-0.2, -0.15) is 0 Å². The highest BCUT2D eigenvalue weighted by molar-refractivity contribution is 6.05. The van der Waals surface area contributed by atoms with Gasteiger partial charge in [0.25, 0.3) is 11.8 Å². The molecule has 0 saturated carbocycles. The maximum Gasteiger partial charge on any atom is 0.322 e. The Morgan fingerprint density at radius 3 is 2.23 bits per heavy atom. The lowest BCUT2D eigenvalue weighted by atomic mass is 10.1. The van der Waals surface area contributed by atoms with Gasteiger partial charge in [0.05, 0.1) is 0 Å². The third-order valence-electron chi connectivity index (χ3n) is 4.35. The smallest absolute Gasteiger partial charge is 0.322 e. The zero-order valence-electron chi connectivity index (χ0n) is 16.1. The maximum absolute atomic E-state index is 12.4. The molecule has 0 aliphatic rings. The number of aryl methyl sites for hydroxylation is 1. The maximum atomic E-state index is 12.4. The standard InChI is InChI=1S/C23H18N4O3/c1-15-6-5-9-18(14-15)21(29)24-19-12-10-16(11-13-19)20(28)25-23-27-26-22(30-23)17-7-3-2-4-8-17/h2-14H,1H3,(H,24,29)(H,25,27,28). The highest BCUT2D eigenvalue weighted by Gasteiger charge is 2.13. The van der Waals surface area contributed by atoms with Gasteiger partial charge in [0.1, 0.15) is 0 Å². The molecule has 2 amide bonds. The number of rotatable bonds is 5. The summed E-state index contributed by atoms with van der Waals surface area (Å²) in [6, 6.07) is 23.1. The fourth-order valence-corrected chi connectivity index (χ4v) is 2.83. The summed E-state index contributed by atoms with van der Waals surface area (Å²) in [5.74, 6) is -0.287. The molecule has 148 valence electrons. The summed E-state index contributed by atoms with van der Waals surface area (Å²) in [6.45, 7) is 1.93. The lowest BCUT2D eigenvalue weighted by molar-refractivity contribution is 0.101. The number of carbonyl (C=O) groups is 2.